The molecule has 0 aliphatic rings. The van der Waals surface area contributed by atoms with Gasteiger partial charge in [-0.15, -0.1) is 0 Å². The smallest absolute Gasteiger partial charge is 0.393 e. The van der Waals surface area contributed by atoms with E-state index >= 15 is 0 Å². The summed E-state index contributed by atoms with van der Waals surface area (Å²) in [5.41, 5.74) is -2.92. The van der Waals surface area contributed by atoms with Crippen molar-refractivity contribution in [3.8, 4) is 5.69 Å². The molecule has 1 N–H and O–H groups in total. The van der Waals surface area contributed by atoms with Crippen LogP contribution in [0.15, 0.2) is 33.9 Å². The highest BCUT2D eigenvalue weighted by Gasteiger charge is 2.35. The molecule has 146 valence electrons. The van der Waals surface area contributed by atoms with Crippen LogP contribution in [0.25, 0.3) is 15.8 Å². The number of aliphatic hydroxyl groups is 1. The number of alkyl halides is 3. The number of aliphatic hydroxyl groups excluding tert-OH is 1. The van der Waals surface area contributed by atoms with Crippen molar-refractivity contribution in [2.75, 3.05) is 0 Å². The Bertz CT molecular complexity index is 1150. The lowest BCUT2D eigenvalue weighted by Gasteiger charge is -2.17. The fraction of sp³-hybridized carbons (Fsp3) is 0.353. The summed E-state index contributed by atoms with van der Waals surface area (Å²) in [6.07, 6.45) is -5.48. The summed E-state index contributed by atoms with van der Waals surface area (Å²) in [7, 11) is 6.67. The molecule has 0 aliphatic heterocycles. The fourth-order valence-corrected chi connectivity index (χ4v) is 3.85. The van der Waals surface area contributed by atoms with Crippen molar-refractivity contribution in [3.05, 3.63) is 56.5 Å². The van der Waals surface area contributed by atoms with E-state index in [-0.39, 0.29) is 12.0 Å². The molecule has 0 saturated heterocycles. The van der Waals surface area contributed by atoms with Gasteiger partial charge in [-0.25, -0.2) is 9.36 Å². The van der Waals surface area contributed by atoms with Gasteiger partial charge < -0.3 is 5.11 Å². The molecule has 3 rings (SSSR count). The molecule has 3 aromatic rings. The zero-order valence-corrected chi connectivity index (χ0v) is 15.7. The largest absolute Gasteiger partial charge is 0.431 e. The molecular weight excluding hydrogens is 394 g/mol. The number of fused-ring (bicyclic) bond motifs is 1. The second kappa shape index (κ2) is 7.21. The standard InChI is InChI=1S/C17H15BF3N3O3S/c1-8(25)11(7-18)15-10-5-9(3-4-12(10)28-22-15)24-14(26)6-13(17(19,20)21)23(2)16(24)27/h3-6,8,11,25H,7H2,1-2H3. The highest BCUT2D eigenvalue weighted by molar-refractivity contribution is 7.13. The number of hydrogen-bond acceptors (Lipinski definition) is 5. The average molecular weight is 409 g/mol. The minimum absolute atomic E-state index is 0.106. The average Bonchev–Trinajstić information content (AvgIpc) is 3.01. The normalized spacial score (nSPS) is 14.4. The molecule has 0 spiro atoms. The summed E-state index contributed by atoms with van der Waals surface area (Å²) in [6.45, 7) is 1.57. The lowest BCUT2D eigenvalue weighted by Crippen LogP contribution is -2.40. The van der Waals surface area contributed by atoms with E-state index in [4.69, 9.17) is 7.85 Å². The third kappa shape index (κ3) is 3.40. The lowest BCUT2D eigenvalue weighted by molar-refractivity contribution is -0.144. The Morgan fingerprint density at radius 3 is 2.54 bits per heavy atom. The Hall–Kier alpha value is -2.40. The first-order valence-electron chi connectivity index (χ1n) is 8.24. The molecule has 0 bridgehead atoms. The van der Waals surface area contributed by atoms with Crippen LogP contribution in [0.5, 0.6) is 0 Å². The van der Waals surface area contributed by atoms with E-state index in [0.29, 0.717) is 26.3 Å². The van der Waals surface area contributed by atoms with Crippen molar-refractivity contribution in [3.63, 3.8) is 0 Å². The van der Waals surface area contributed by atoms with Gasteiger partial charge in [0.05, 0.1) is 30.0 Å². The van der Waals surface area contributed by atoms with Gasteiger partial charge in [0, 0.05) is 24.4 Å². The number of halogens is 3. The molecule has 2 radical (unpaired) electrons. The van der Waals surface area contributed by atoms with Gasteiger partial charge in [0.15, 0.2) is 0 Å². The Balaban J connectivity index is 2.24. The van der Waals surface area contributed by atoms with Gasteiger partial charge in [0.2, 0.25) is 0 Å². The van der Waals surface area contributed by atoms with Gasteiger partial charge in [0.25, 0.3) is 5.56 Å². The molecule has 2 atom stereocenters. The number of aromatic nitrogens is 3. The predicted octanol–water partition coefficient (Wildman–Crippen LogP) is 2.22. The lowest BCUT2D eigenvalue weighted by atomic mass is 9.84. The number of hydrogen-bond donors (Lipinski definition) is 1. The molecule has 0 fully saturated rings. The molecule has 28 heavy (non-hydrogen) atoms. The molecule has 0 aliphatic carbocycles. The highest BCUT2D eigenvalue weighted by Crippen LogP contribution is 2.33. The zero-order chi connectivity index (χ0) is 20.8. The molecule has 2 unspecified atom stereocenters. The number of rotatable bonds is 4. The van der Waals surface area contributed by atoms with Crippen LogP contribution >= 0.6 is 11.5 Å². The van der Waals surface area contributed by atoms with Gasteiger partial charge in [0.1, 0.15) is 5.69 Å². The molecule has 2 aromatic heterocycles. The number of benzene rings is 1. The van der Waals surface area contributed by atoms with E-state index in [0.717, 1.165) is 23.3 Å². The van der Waals surface area contributed by atoms with Crippen LogP contribution in [0.3, 0.4) is 0 Å². The van der Waals surface area contributed by atoms with Crippen LogP contribution in [-0.2, 0) is 13.2 Å². The van der Waals surface area contributed by atoms with Crippen molar-refractivity contribution in [2.45, 2.75) is 31.4 Å². The van der Waals surface area contributed by atoms with Crippen LogP contribution in [0.1, 0.15) is 24.2 Å². The zero-order valence-electron chi connectivity index (χ0n) is 14.9. The Morgan fingerprint density at radius 2 is 1.96 bits per heavy atom. The summed E-state index contributed by atoms with van der Waals surface area (Å²) in [6, 6.07) is 4.96. The van der Waals surface area contributed by atoms with E-state index in [9.17, 15) is 27.9 Å². The van der Waals surface area contributed by atoms with Gasteiger partial charge in [-0.2, -0.15) is 17.5 Å². The van der Waals surface area contributed by atoms with Crippen LogP contribution in [0.2, 0.25) is 6.32 Å². The van der Waals surface area contributed by atoms with E-state index in [1.54, 1.807) is 13.0 Å². The maximum atomic E-state index is 13.0. The summed E-state index contributed by atoms with van der Waals surface area (Å²) in [5.74, 6) is -0.462. The van der Waals surface area contributed by atoms with Gasteiger partial charge >= 0.3 is 11.9 Å². The summed E-state index contributed by atoms with van der Waals surface area (Å²) < 4.78 is 45.1. The van der Waals surface area contributed by atoms with E-state index in [2.05, 4.69) is 4.37 Å². The van der Waals surface area contributed by atoms with Crippen molar-refractivity contribution in [1.29, 1.82) is 0 Å². The Kier molecular flexibility index (Phi) is 5.24. The molecule has 6 nitrogen and oxygen atoms in total. The maximum absolute atomic E-state index is 13.0. The van der Waals surface area contributed by atoms with Crippen LogP contribution in [0.4, 0.5) is 13.2 Å². The molecule has 0 saturated carbocycles. The molecule has 0 amide bonds. The monoisotopic (exact) mass is 409 g/mol. The number of nitrogens with zero attached hydrogens (tertiary/aromatic N) is 3. The Labute approximate surface area is 162 Å². The first-order chi connectivity index (χ1) is 13.1. The predicted molar refractivity (Wildman–Crippen MR) is 100 cm³/mol. The Morgan fingerprint density at radius 1 is 1.29 bits per heavy atom. The van der Waals surface area contributed by atoms with Crippen molar-refractivity contribution < 1.29 is 18.3 Å². The van der Waals surface area contributed by atoms with Crippen LogP contribution in [0, 0.1) is 0 Å². The third-order valence-corrected chi connectivity index (χ3v) is 5.38. The SMILES string of the molecule is [B]CC(c1nsc2ccc(-n3c(=O)cc(C(F)(F)F)n(C)c3=O)cc12)C(C)O. The molecule has 1 aromatic carbocycles. The van der Waals surface area contributed by atoms with E-state index in [1.807, 2.05) is 0 Å². The first-order valence-corrected chi connectivity index (χ1v) is 9.01. The second-order valence-corrected chi connectivity index (χ2v) is 7.18. The molecule has 2 heterocycles. The summed E-state index contributed by atoms with van der Waals surface area (Å²) >= 11 is 1.16. The first kappa shape index (κ1) is 20.3. The van der Waals surface area contributed by atoms with Gasteiger partial charge in [-0.05, 0) is 36.7 Å². The third-order valence-electron chi connectivity index (χ3n) is 4.54. The van der Waals surface area contributed by atoms with E-state index < -0.39 is 35.1 Å². The van der Waals surface area contributed by atoms with Gasteiger partial charge in [-0.1, -0.05) is 6.32 Å². The quantitative estimate of drug-likeness (QED) is 0.671. The van der Waals surface area contributed by atoms with Crippen LogP contribution < -0.4 is 11.2 Å². The summed E-state index contributed by atoms with van der Waals surface area (Å²) in [5, 5.41) is 10.5. The highest BCUT2D eigenvalue weighted by atomic mass is 32.1. The molecular formula is C17H15BF3N3O3S. The van der Waals surface area contributed by atoms with Gasteiger partial charge in [-0.3, -0.25) is 9.36 Å². The van der Waals surface area contributed by atoms with Crippen molar-refractivity contribution >= 4 is 29.5 Å². The second-order valence-electron chi connectivity index (χ2n) is 6.37. The maximum Gasteiger partial charge on any atom is 0.431 e. The van der Waals surface area contributed by atoms with E-state index in [1.165, 1.54) is 12.1 Å². The van der Waals surface area contributed by atoms with Crippen LogP contribution in [-0.4, -0.2) is 32.6 Å². The topological polar surface area (TPSA) is 77.1 Å². The molecule has 11 heteroatoms. The fourth-order valence-electron chi connectivity index (χ4n) is 3.02. The van der Waals surface area contributed by atoms with Crippen molar-refractivity contribution in [1.82, 2.24) is 13.5 Å². The summed E-state index contributed by atoms with van der Waals surface area (Å²) in [4.78, 5) is 24.8. The minimum Gasteiger partial charge on any atom is -0.393 e. The minimum atomic E-state index is -4.83. The van der Waals surface area contributed by atoms with Crippen molar-refractivity contribution in [2.24, 2.45) is 7.05 Å².